The van der Waals surface area contributed by atoms with Crippen LogP contribution in [0.2, 0.25) is 0 Å². The van der Waals surface area contributed by atoms with Gasteiger partial charge in [-0.2, -0.15) is 0 Å². The number of halogens is 2. The van der Waals surface area contributed by atoms with Crippen LogP contribution >= 0.6 is 11.3 Å². The lowest BCUT2D eigenvalue weighted by Crippen LogP contribution is -2.13. The SMILES string of the molecule is COc1c(COCC2CCCCC2)cccc1-c1csc(NC(=O)c2cc(F)c(/C=C(\C)C(=O)O)c(F)c2)n1. The number of benzene rings is 2. The minimum atomic E-state index is -1.30. The number of hydrogen-bond acceptors (Lipinski definition) is 6. The van der Waals surface area contributed by atoms with E-state index in [0.29, 0.717) is 24.0 Å². The normalized spacial score (nSPS) is 14.3. The molecule has 1 fully saturated rings. The van der Waals surface area contributed by atoms with E-state index in [0.717, 1.165) is 47.3 Å². The Morgan fingerprint density at radius 2 is 1.90 bits per heavy atom. The highest BCUT2D eigenvalue weighted by atomic mass is 32.1. The maximum Gasteiger partial charge on any atom is 0.331 e. The number of amides is 1. The van der Waals surface area contributed by atoms with E-state index in [9.17, 15) is 18.4 Å². The summed E-state index contributed by atoms with van der Waals surface area (Å²) in [7, 11) is 1.58. The van der Waals surface area contributed by atoms with Gasteiger partial charge in [-0.25, -0.2) is 18.6 Å². The summed E-state index contributed by atoms with van der Waals surface area (Å²) >= 11 is 1.16. The Hall–Kier alpha value is -3.63. The summed E-state index contributed by atoms with van der Waals surface area (Å²) in [5, 5.41) is 13.5. The molecule has 10 heteroatoms. The summed E-state index contributed by atoms with van der Waals surface area (Å²) in [6.07, 6.45) is 7.10. The van der Waals surface area contributed by atoms with E-state index < -0.39 is 29.1 Å². The minimum absolute atomic E-state index is 0.238. The van der Waals surface area contributed by atoms with Crippen LogP contribution in [0.1, 0.15) is 60.5 Å². The number of methoxy groups -OCH3 is 1. The first-order valence-corrected chi connectivity index (χ1v) is 13.6. The lowest BCUT2D eigenvalue weighted by atomic mass is 9.90. The highest BCUT2D eigenvalue weighted by Crippen LogP contribution is 2.35. The quantitative estimate of drug-likeness (QED) is 0.263. The number of carboxylic acid groups (broad SMARTS) is 1. The second-order valence-corrected chi connectivity index (χ2v) is 10.4. The Morgan fingerprint density at radius 1 is 1.18 bits per heavy atom. The number of aliphatic carboxylic acids is 1. The van der Waals surface area contributed by atoms with Crippen molar-refractivity contribution < 1.29 is 33.0 Å². The number of aromatic nitrogens is 1. The Balaban J connectivity index is 1.46. The maximum absolute atomic E-state index is 14.5. The monoisotopic (exact) mass is 556 g/mol. The van der Waals surface area contributed by atoms with Crippen LogP contribution in [0.4, 0.5) is 13.9 Å². The van der Waals surface area contributed by atoms with Crippen molar-refractivity contribution in [3.63, 3.8) is 0 Å². The summed E-state index contributed by atoms with van der Waals surface area (Å²) in [4.78, 5) is 28.2. The van der Waals surface area contributed by atoms with Gasteiger partial charge in [0, 0.05) is 39.8 Å². The van der Waals surface area contributed by atoms with Crippen LogP contribution in [0.15, 0.2) is 41.3 Å². The van der Waals surface area contributed by atoms with Gasteiger partial charge in [-0.15, -0.1) is 11.3 Å². The Labute approximate surface area is 229 Å². The van der Waals surface area contributed by atoms with Crippen LogP contribution in [0, 0.1) is 17.6 Å². The van der Waals surface area contributed by atoms with Crippen molar-refractivity contribution in [1.29, 1.82) is 0 Å². The number of hydrogen-bond donors (Lipinski definition) is 2. The van der Waals surface area contributed by atoms with Crippen LogP contribution < -0.4 is 10.1 Å². The standard InChI is InChI=1S/C29H30F2N2O5S/c1-17(28(35)36)11-22-23(30)12-20(13-24(22)31)27(34)33-29-32-25(16-39-29)21-10-6-9-19(26(21)37-2)15-38-14-18-7-4-3-5-8-18/h6,9-13,16,18H,3-5,7-8,14-15H2,1-2H3,(H,35,36)(H,32,33,34)/b17-11+. The van der Waals surface area contributed by atoms with Gasteiger partial charge in [0.2, 0.25) is 0 Å². The average Bonchev–Trinajstić information content (AvgIpc) is 3.39. The predicted molar refractivity (Wildman–Crippen MR) is 146 cm³/mol. The molecule has 0 radical (unpaired) electrons. The zero-order valence-corrected chi connectivity index (χ0v) is 22.6. The molecule has 3 aromatic rings. The predicted octanol–water partition coefficient (Wildman–Crippen LogP) is 6.93. The molecular weight excluding hydrogens is 526 g/mol. The van der Waals surface area contributed by atoms with E-state index >= 15 is 0 Å². The first-order chi connectivity index (χ1) is 18.8. The van der Waals surface area contributed by atoms with Crippen LogP contribution in [0.5, 0.6) is 5.75 Å². The van der Waals surface area contributed by atoms with E-state index in [-0.39, 0.29) is 16.3 Å². The molecule has 39 heavy (non-hydrogen) atoms. The highest BCUT2D eigenvalue weighted by molar-refractivity contribution is 7.14. The summed E-state index contributed by atoms with van der Waals surface area (Å²) in [6.45, 7) is 2.35. The topological polar surface area (TPSA) is 97.8 Å². The molecule has 1 heterocycles. The van der Waals surface area contributed by atoms with Gasteiger partial charge < -0.3 is 14.6 Å². The van der Waals surface area contributed by atoms with Crippen molar-refractivity contribution in [1.82, 2.24) is 4.98 Å². The van der Waals surface area contributed by atoms with Crippen molar-refractivity contribution in [3.8, 4) is 17.0 Å². The highest BCUT2D eigenvalue weighted by Gasteiger charge is 2.19. The van der Waals surface area contributed by atoms with Gasteiger partial charge in [-0.1, -0.05) is 31.4 Å². The van der Waals surface area contributed by atoms with Gasteiger partial charge in [0.1, 0.15) is 17.4 Å². The number of nitrogens with zero attached hydrogens (tertiary/aromatic N) is 1. The maximum atomic E-state index is 14.5. The van der Waals surface area contributed by atoms with Crippen molar-refractivity contribution in [3.05, 3.63) is 69.6 Å². The number of carbonyl (C=O) groups excluding carboxylic acids is 1. The first-order valence-electron chi connectivity index (χ1n) is 12.7. The lowest BCUT2D eigenvalue weighted by molar-refractivity contribution is -0.132. The van der Waals surface area contributed by atoms with Crippen molar-refractivity contribution in [2.45, 2.75) is 45.6 Å². The number of thiazole rings is 1. The first kappa shape index (κ1) is 28.4. The van der Waals surface area contributed by atoms with E-state index in [1.807, 2.05) is 18.2 Å². The van der Waals surface area contributed by atoms with Gasteiger partial charge in [0.05, 0.1) is 19.4 Å². The fourth-order valence-corrected chi connectivity index (χ4v) is 5.29. The minimum Gasteiger partial charge on any atom is -0.496 e. The number of rotatable bonds is 10. The lowest BCUT2D eigenvalue weighted by Gasteiger charge is -2.21. The molecule has 2 aromatic carbocycles. The van der Waals surface area contributed by atoms with E-state index in [4.69, 9.17) is 14.6 Å². The third kappa shape index (κ3) is 7.07. The molecule has 0 unspecified atom stereocenters. The summed E-state index contributed by atoms with van der Waals surface area (Å²) < 4.78 is 40.7. The fraction of sp³-hybridized carbons (Fsp3) is 0.345. The number of nitrogens with one attached hydrogen (secondary N) is 1. The molecule has 2 N–H and O–H groups in total. The number of anilines is 1. The van der Waals surface area contributed by atoms with Crippen molar-refractivity contribution >= 4 is 34.4 Å². The largest absolute Gasteiger partial charge is 0.496 e. The second-order valence-electron chi connectivity index (χ2n) is 9.50. The third-order valence-electron chi connectivity index (χ3n) is 6.68. The summed E-state index contributed by atoms with van der Waals surface area (Å²) in [5.74, 6) is -2.92. The van der Waals surface area contributed by atoms with Gasteiger partial charge >= 0.3 is 5.97 Å². The molecule has 1 amide bonds. The molecule has 1 aromatic heterocycles. The van der Waals surface area contributed by atoms with Gasteiger partial charge in [-0.05, 0) is 50.0 Å². The Kier molecular flexibility index (Phi) is 9.42. The molecular formula is C29H30F2N2O5S. The number of ether oxygens (including phenoxy) is 2. The molecule has 1 aliphatic carbocycles. The van der Waals surface area contributed by atoms with Crippen LogP contribution in [-0.4, -0.2) is 35.7 Å². The molecule has 206 valence electrons. The molecule has 0 spiro atoms. The van der Waals surface area contributed by atoms with E-state index in [1.54, 1.807) is 12.5 Å². The summed E-state index contributed by atoms with van der Waals surface area (Å²) in [6, 6.07) is 7.40. The van der Waals surface area contributed by atoms with Gasteiger partial charge in [0.25, 0.3) is 5.91 Å². The molecule has 0 saturated heterocycles. The molecule has 1 saturated carbocycles. The molecule has 1 aliphatic rings. The number of carboxylic acids is 1. The molecule has 7 nitrogen and oxygen atoms in total. The average molecular weight is 557 g/mol. The van der Waals surface area contributed by atoms with Crippen LogP contribution in [0.3, 0.4) is 0 Å². The third-order valence-corrected chi connectivity index (χ3v) is 7.43. The fourth-order valence-electron chi connectivity index (χ4n) is 4.59. The molecule has 4 rings (SSSR count). The van der Waals surface area contributed by atoms with Crippen LogP contribution in [-0.2, 0) is 16.1 Å². The summed E-state index contributed by atoms with van der Waals surface area (Å²) in [5.41, 5.74) is 1.16. The number of para-hydroxylation sites is 1. The molecule has 0 bridgehead atoms. The zero-order chi connectivity index (χ0) is 27.9. The Morgan fingerprint density at radius 3 is 2.56 bits per heavy atom. The van der Waals surface area contributed by atoms with Gasteiger partial charge in [0.15, 0.2) is 5.13 Å². The van der Waals surface area contributed by atoms with Crippen LogP contribution in [0.25, 0.3) is 17.3 Å². The van der Waals surface area contributed by atoms with Gasteiger partial charge in [-0.3, -0.25) is 10.1 Å². The van der Waals surface area contributed by atoms with E-state index in [2.05, 4.69) is 10.3 Å². The van der Waals surface area contributed by atoms with Crippen molar-refractivity contribution in [2.75, 3.05) is 19.0 Å². The smallest absolute Gasteiger partial charge is 0.331 e. The zero-order valence-electron chi connectivity index (χ0n) is 21.8. The second kappa shape index (κ2) is 12.9. The Bertz CT molecular complexity index is 1360. The molecule has 0 aliphatic heterocycles. The van der Waals surface area contributed by atoms with Crippen molar-refractivity contribution in [2.24, 2.45) is 5.92 Å². The van der Waals surface area contributed by atoms with E-state index in [1.165, 1.54) is 39.0 Å². The molecule has 0 atom stereocenters. The number of carbonyl (C=O) groups is 2.